The van der Waals surface area contributed by atoms with Crippen LogP contribution in [0.5, 0.6) is 0 Å². The molecule has 0 saturated heterocycles. The predicted octanol–water partition coefficient (Wildman–Crippen LogP) is 2.07. The van der Waals surface area contributed by atoms with Crippen LogP contribution in [0.1, 0.15) is 20.3 Å². The van der Waals surface area contributed by atoms with Gasteiger partial charge in [0.1, 0.15) is 0 Å². The van der Waals surface area contributed by atoms with Crippen molar-refractivity contribution < 1.29 is 5.11 Å². The SMILES string of the molecule is CC([O])CC(C)CCl. The summed E-state index contributed by atoms with van der Waals surface area (Å²) in [7, 11) is 0. The summed E-state index contributed by atoms with van der Waals surface area (Å²) in [6, 6.07) is 0. The van der Waals surface area contributed by atoms with E-state index >= 15 is 0 Å². The fraction of sp³-hybridized carbons (Fsp3) is 1.00. The van der Waals surface area contributed by atoms with Gasteiger partial charge in [-0.1, -0.05) is 6.92 Å². The molecule has 49 valence electrons. The van der Waals surface area contributed by atoms with E-state index < -0.39 is 6.10 Å². The minimum absolute atomic E-state index is 0.379. The van der Waals surface area contributed by atoms with Crippen molar-refractivity contribution in [2.24, 2.45) is 5.92 Å². The molecule has 0 aliphatic rings. The second-order valence-corrected chi connectivity index (χ2v) is 2.61. The Morgan fingerprint density at radius 3 is 2.12 bits per heavy atom. The van der Waals surface area contributed by atoms with E-state index in [1.165, 1.54) is 0 Å². The maximum Gasteiger partial charge on any atom is 0.0905 e. The lowest BCUT2D eigenvalue weighted by molar-refractivity contribution is 0.0867. The Labute approximate surface area is 55.7 Å². The highest BCUT2D eigenvalue weighted by Crippen LogP contribution is 2.06. The van der Waals surface area contributed by atoms with E-state index in [0.717, 1.165) is 0 Å². The number of hydrogen-bond acceptors (Lipinski definition) is 0. The molecule has 2 heteroatoms. The molecule has 0 aromatic heterocycles. The first-order valence-electron chi connectivity index (χ1n) is 2.88. The zero-order valence-electron chi connectivity index (χ0n) is 5.36. The van der Waals surface area contributed by atoms with Gasteiger partial charge in [-0.05, 0) is 19.3 Å². The number of alkyl halides is 1. The van der Waals surface area contributed by atoms with Crippen LogP contribution in [0.4, 0.5) is 0 Å². The van der Waals surface area contributed by atoms with Gasteiger partial charge in [0, 0.05) is 5.88 Å². The highest BCUT2D eigenvalue weighted by Gasteiger charge is 2.04. The van der Waals surface area contributed by atoms with Gasteiger partial charge >= 0.3 is 0 Å². The summed E-state index contributed by atoms with van der Waals surface area (Å²) in [6.45, 7) is 3.66. The van der Waals surface area contributed by atoms with E-state index in [2.05, 4.69) is 0 Å². The molecule has 0 aromatic rings. The number of rotatable bonds is 3. The maximum absolute atomic E-state index is 10.4. The lowest BCUT2D eigenvalue weighted by Gasteiger charge is -2.05. The van der Waals surface area contributed by atoms with Crippen LogP contribution in [0.3, 0.4) is 0 Å². The Hall–Kier alpha value is 0.250. The van der Waals surface area contributed by atoms with E-state index in [4.69, 9.17) is 11.6 Å². The van der Waals surface area contributed by atoms with Crippen molar-refractivity contribution in [1.82, 2.24) is 0 Å². The van der Waals surface area contributed by atoms with E-state index in [9.17, 15) is 5.11 Å². The average molecular weight is 136 g/mol. The minimum Gasteiger partial charge on any atom is -0.233 e. The van der Waals surface area contributed by atoms with Crippen LogP contribution in [0.2, 0.25) is 0 Å². The lowest BCUT2D eigenvalue weighted by Crippen LogP contribution is -2.06. The monoisotopic (exact) mass is 135 g/mol. The Morgan fingerprint density at radius 2 is 2.00 bits per heavy atom. The molecule has 0 N–H and O–H groups in total. The Morgan fingerprint density at radius 1 is 1.50 bits per heavy atom. The molecule has 1 nitrogen and oxygen atoms in total. The first kappa shape index (κ1) is 8.25. The molecule has 0 spiro atoms. The van der Waals surface area contributed by atoms with Crippen LogP contribution in [0, 0.1) is 5.92 Å². The van der Waals surface area contributed by atoms with Crippen molar-refractivity contribution in [3.05, 3.63) is 0 Å². The molecule has 0 bridgehead atoms. The molecule has 0 aliphatic heterocycles. The first-order chi connectivity index (χ1) is 3.66. The smallest absolute Gasteiger partial charge is 0.0905 e. The van der Waals surface area contributed by atoms with Crippen molar-refractivity contribution in [3.63, 3.8) is 0 Å². The molecule has 0 aromatic carbocycles. The molecule has 0 saturated carbocycles. The number of hydrogen-bond donors (Lipinski definition) is 0. The van der Waals surface area contributed by atoms with Gasteiger partial charge in [-0.25, -0.2) is 5.11 Å². The average Bonchev–Trinajstić information content (AvgIpc) is 1.65. The molecule has 0 aliphatic carbocycles. The topological polar surface area (TPSA) is 19.9 Å². The van der Waals surface area contributed by atoms with Crippen molar-refractivity contribution >= 4 is 11.6 Å². The Bertz CT molecular complexity index is 54.5. The molecular weight excluding hydrogens is 124 g/mol. The lowest BCUT2D eigenvalue weighted by atomic mass is 10.1. The Balaban J connectivity index is 3.10. The van der Waals surface area contributed by atoms with Gasteiger partial charge in [0.05, 0.1) is 6.10 Å². The third-order valence-electron chi connectivity index (χ3n) is 0.998. The van der Waals surface area contributed by atoms with Crippen LogP contribution >= 0.6 is 11.6 Å². The second-order valence-electron chi connectivity index (χ2n) is 2.31. The molecule has 8 heavy (non-hydrogen) atoms. The molecule has 0 rings (SSSR count). The quantitative estimate of drug-likeness (QED) is 0.528. The van der Waals surface area contributed by atoms with Crippen molar-refractivity contribution in [1.29, 1.82) is 0 Å². The molecule has 0 heterocycles. The van der Waals surface area contributed by atoms with Gasteiger partial charge in [-0.2, -0.15) is 0 Å². The van der Waals surface area contributed by atoms with Gasteiger partial charge in [0.15, 0.2) is 0 Å². The Kier molecular flexibility index (Phi) is 4.29. The van der Waals surface area contributed by atoms with E-state index in [1.54, 1.807) is 6.92 Å². The van der Waals surface area contributed by atoms with Gasteiger partial charge in [-0.3, -0.25) is 0 Å². The summed E-state index contributed by atoms with van der Waals surface area (Å²) in [5.41, 5.74) is 0. The molecule has 2 unspecified atom stereocenters. The van der Waals surface area contributed by atoms with Crippen LogP contribution in [-0.4, -0.2) is 12.0 Å². The summed E-state index contributed by atoms with van der Waals surface area (Å²) < 4.78 is 0. The van der Waals surface area contributed by atoms with Gasteiger partial charge in [-0.15, -0.1) is 11.6 Å². The maximum atomic E-state index is 10.4. The van der Waals surface area contributed by atoms with Gasteiger partial charge < -0.3 is 0 Å². The molecular formula is C6H12ClO. The fourth-order valence-corrected chi connectivity index (χ4v) is 0.756. The van der Waals surface area contributed by atoms with E-state index in [1.807, 2.05) is 6.92 Å². The fourth-order valence-electron chi connectivity index (χ4n) is 0.630. The van der Waals surface area contributed by atoms with Crippen LogP contribution < -0.4 is 0 Å². The zero-order chi connectivity index (χ0) is 6.57. The van der Waals surface area contributed by atoms with Gasteiger partial charge in [0.2, 0.25) is 0 Å². The summed E-state index contributed by atoms with van der Waals surface area (Å²) in [5, 5.41) is 10.4. The molecule has 0 fully saturated rings. The zero-order valence-corrected chi connectivity index (χ0v) is 6.11. The highest BCUT2D eigenvalue weighted by molar-refractivity contribution is 6.18. The van der Waals surface area contributed by atoms with E-state index in [-0.39, 0.29) is 0 Å². The van der Waals surface area contributed by atoms with Crippen LogP contribution in [0.25, 0.3) is 0 Å². The summed E-state index contributed by atoms with van der Waals surface area (Å²) in [6.07, 6.45) is 0.243. The largest absolute Gasteiger partial charge is 0.233 e. The standard InChI is InChI=1S/C6H12ClO/c1-5(4-7)3-6(2)8/h5-6H,3-4H2,1-2H3. The van der Waals surface area contributed by atoms with Crippen LogP contribution in [-0.2, 0) is 5.11 Å². The predicted molar refractivity (Wildman–Crippen MR) is 34.6 cm³/mol. The van der Waals surface area contributed by atoms with Crippen molar-refractivity contribution in [2.75, 3.05) is 5.88 Å². The third-order valence-corrected chi connectivity index (χ3v) is 1.52. The molecule has 1 radical (unpaired) electrons. The summed E-state index contributed by atoms with van der Waals surface area (Å²) >= 11 is 5.46. The molecule has 2 atom stereocenters. The summed E-state index contributed by atoms with van der Waals surface area (Å²) in [5.74, 6) is 0.983. The highest BCUT2D eigenvalue weighted by atomic mass is 35.5. The third kappa shape index (κ3) is 4.41. The normalized spacial score (nSPS) is 18.0. The number of halogens is 1. The summed E-state index contributed by atoms with van der Waals surface area (Å²) in [4.78, 5) is 0. The van der Waals surface area contributed by atoms with Crippen molar-refractivity contribution in [2.45, 2.75) is 26.4 Å². The van der Waals surface area contributed by atoms with E-state index in [0.29, 0.717) is 18.2 Å². The molecule has 0 amide bonds. The van der Waals surface area contributed by atoms with Crippen LogP contribution in [0.15, 0.2) is 0 Å². The first-order valence-corrected chi connectivity index (χ1v) is 3.42. The van der Waals surface area contributed by atoms with Crippen molar-refractivity contribution in [3.8, 4) is 0 Å². The minimum atomic E-state index is -0.455. The second kappa shape index (κ2) is 4.16. The van der Waals surface area contributed by atoms with Gasteiger partial charge in [0.25, 0.3) is 0 Å².